The summed E-state index contributed by atoms with van der Waals surface area (Å²) < 4.78 is 5.50. The molecule has 8 nitrogen and oxygen atoms in total. The Kier molecular flexibility index (Phi) is 5.33. The van der Waals surface area contributed by atoms with E-state index in [1.165, 1.54) is 6.20 Å². The predicted octanol–water partition coefficient (Wildman–Crippen LogP) is 3.53. The van der Waals surface area contributed by atoms with Gasteiger partial charge in [-0.15, -0.1) is 11.3 Å². The van der Waals surface area contributed by atoms with Gasteiger partial charge in [-0.2, -0.15) is 0 Å². The Hall–Kier alpha value is -3.72. The number of ether oxygens (including phenoxy) is 1. The van der Waals surface area contributed by atoms with Gasteiger partial charge in [0.25, 0.3) is 5.91 Å². The molecule has 1 saturated carbocycles. The fourth-order valence-electron chi connectivity index (χ4n) is 4.09. The molecule has 0 unspecified atom stereocenters. The van der Waals surface area contributed by atoms with Crippen LogP contribution in [0.5, 0.6) is 0 Å². The highest BCUT2D eigenvalue weighted by Crippen LogP contribution is 2.44. The highest BCUT2D eigenvalue weighted by Gasteiger charge is 2.51. The van der Waals surface area contributed by atoms with Gasteiger partial charge in [-0.05, 0) is 35.1 Å². The lowest BCUT2D eigenvalue weighted by Gasteiger charge is -2.14. The summed E-state index contributed by atoms with van der Waals surface area (Å²) in [6.07, 6.45) is 1.65. The van der Waals surface area contributed by atoms with E-state index in [9.17, 15) is 19.5 Å². The molecule has 1 fully saturated rings. The molecule has 0 bridgehead atoms. The number of benzene rings is 2. The fraction of sp³-hybridized carbons (Fsp3) is 0.250. The van der Waals surface area contributed by atoms with Crippen LogP contribution in [0.2, 0.25) is 0 Å². The van der Waals surface area contributed by atoms with E-state index in [-0.39, 0.29) is 19.1 Å². The zero-order valence-corrected chi connectivity index (χ0v) is 18.4. The molecule has 3 aromatic rings. The average molecular weight is 464 g/mol. The van der Waals surface area contributed by atoms with Gasteiger partial charge < -0.3 is 20.5 Å². The van der Waals surface area contributed by atoms with E-state index in [1.807, 2.05) is 24.3 Å². The first-order valence-electron chi connectivity index (χ1n) is 10.6. The van der Waals surface area contributed by atoms with E-state index in [4.69, 9.17) is 4.74 Å². The van der Waals surface area contributed by atoms with Crippen LogP contribution in [-0.4, -0.2) is 40.2 Å². The van der Waals surface area contributed by atoms with Crippen molar-refractivity contribution in [1.29, 1.82) is 0 Å². The van der Waals surface area contributed by atoms with Gasteiger partial charge in [-0.25, -0.2) is 14.6 Å². The fourth-order valence-corrected chi connectivity index (χ4v) is 4.84. The third kappa shape index (κ3) is 4.07. The topological polar surface area (TPSA) is 118 Å². The van der Waals surface area contributed by atoms with E-state index in [2.05, 4.69) is 39.9 Å². The molecule has 168 valence electrons. The van der Waals surface area contributed by atoms with Gasteiger partial charge in [0.2, 0.25) is 0 Å². The van der Waals surface area contributed by atoms with Crippen LogP contribution in [-0.2, 0) is 16.1 Å². The van der Waals surface area contributed by atoms with E-state index in [0.29, 0.717) is 22.7 Å². The van der Waals surface area contributed by atoms with Crippen molar-refractivity contribution in [3.05, 3.63) is 75.7 Å². The number of carbonyl (C=O) groups is 3. The van der Waals surface area contributed by atoms with Gasteiger partial charge in [0.1, 0.15) is 22.0 Å². The van der Waals surface area contributed by atoms with Crippen molar-refractivity contribution < 1.29 is 24.2 Å². The summed E-state index contributed by atoms with van der Waals surface area (Å²) >= 11 is 1.10. The van der Waals surface area contributed by atoms with Gasteiger partial charge in [-0.3, -0.25) is 4.79 Å². The molecule has 3 N–H and O–H groups in total. The quantitative estimate of drug-likeness (QED) is 0.493. The van der Waals surface area contributed by atoms with E-state index in [1.54, 1.807) is 0 Å². The second-order valence-electron chi connectivity index (χ2n) is 8.14. The molecule has 1 aromatic heterocycles. The standard InChI is InChI=1S/C24H21N3O5S/c28-21(27-24(9-10-24)22(29)30)19-11-25-20(33-19)12-26-23(31)32-13-18-16-7-3-1-5-14(16)15-6-2-4-8-17(15)18/h1-8,11,18H,9-10,12-13H2,(H,26,31)(H,27,28)(H,29,30). The number of hydrogen-bond donors (Lipinski definition) is 3. The van der Waals surface area contributed by atoms with Crippen molar-refractivity contribution in [3.8, 4) is 11.1 Å². The smallest absolute Gasteiger partial charge is 0.407 e. The highest BCUT2D eigenvalue weighted by molar-refractivity contribution is 7.13. The first kappa shape index (κ1) is 21.1. The summed E-state index contributed by atoms with van der Waals surface area (Å²) in [7, 11) is 0. The molecule has 5 rings (SSSR count). The normalized spacial score (nSPS) is 15.3. The maximum Gasteiger partial charge on any atom is 0.407 e. The van der Waals surface area contributed by atoms with Crippen LogP contribution < -0.4 is 10.6 Å². The second-order valence-corrected chi connectivity index (χ2v) is 9.25. The summed E-state index contributed by atoms with van der Waals surface area (Å²) in [4.78, 5) is 40.3. The van der Waals surface area contributed by atoms with Gasteiger partial charge >= 0.3 is 12.1 Å². The third-order valence-electron chi connectivity index (χ3n) is 6.02. The number of carboxylic acids is 1. The van der Waals surface area contributed by atoms with Crippen molar-refractivity contribution in [2.45, 2.75) is 30.8 Å². The molecule has 0 spiro atoms. The van der Waals surface area contributed by atoms with Crippen molar-refractivity contribution >= 4 is 29.3 Å². The van der Waals surface area contributed by atoms with Crippen LogP contribution in [0.25, 0.3) is 11.1 Å². The number of carboxylic acid groups (broad SMARTS) is 1. The van der Waals surface area contributed by atoms with Crippen molar-refractivity contribution in [1.82, 2.24) is 15.6 Å². The van der Waals surface area contributed by atoms with Gasteiger partial charge in [0, 0.05) is 5.92 Å². The van der Waals surface area contributed by atoms with E-state index < -0.39 is 23.5 Å². The minimum atomic E-state index is -1.15. The van der Waals surface area contributed by atoms with Crippen LogP contribution in [0.1, 0.15) is 44.6 Å². The summed E-state index contributed by atoms with van der Waals surface area (Å²) in [5.74, 6) is -1.53. The maximum atomic E-state index is 12.3. The molecule has 0 radical (unpaired) electrons. The SMILES string of the molecule is O=C(NCc1ncc(C(=O)NC2(C(=O)O)CC2)s1)OCC1c2ccccc2-c2ccccc21. The van der Waals surface area contributed by atoms with Crippen molar-refractivity contribution in [2.24, 2.45) is 0 Å². The molecule has 2 aliphatic rings. The molecule has 1 heterocycles. The monoisotopic (exact) mass is 463 g/mol. The molecule has 2 aromatic carbocycles. The van der Waals surface area contributed by atoms with Gasteiger partial charge in [-0.1, -0.05) is 48.5 Å². The molecule has 0 aliphatic heterocycles. The largest absolute Gasteiger partial charge is 0.480 e. The first-order chi connectivity index (χ1) is 16.0. The number of nitrogens with one attached hydrogen (secondary N) is 2. The number of thiazole rings is 1. The molecule has 2 amide bonds. The molecule has 2 aliphatic carbocycles. The number of nitrogens with zero attached hydrogens (tertiary/aromatic N) is 1. The number of carbonyl (C=O) groups excluding carboxylic acids is 2. The molecule has 0 atom stereocenters. The zero-order chi connectivity index (χ0) is 23.0. The lowest BCUT2D eigenvalue weighted by molar-refractivity contribution is -0.140. The predicted molar refractivity (Wildman–Crippen MR) is 121 cm³/mol. The second kappa shape index (κ2) is 8.32. The Morgan fingerprint density at radius 1 is 1.06 bits per heavy atom. The van der Waals surface area contributed by atoms with Crippen LogP contribution in [0.4, 0.5) is 4.79 Å². The Bertz CT molecular complexity index is 1200. The Morgan fingerprint density at radius 3 is 2.30 bits per heavy atom. The Morgan fingerprint density at radius 2 is 1.70 bits per heavy atom. The maximum absolute atomic E-state index is 12.3. The van der Waals surface area contributed by atoms with E-state index >= 15 is 0 Å². The van der Waals surface area contributed by atoms with Crippen molar-refractivity contribution in [3.63, 3.8) is 0 Å². The summed E-state index contributed by atoms with van der Waals surface area (Å²) in [6, 6.07) is 16.2. The van der Waals surface area contributed by atoms with Crippen molar-refractivity contribution in [2.75, 3.05) is 6.61 Å². The summed E-state index contributed by atoms with van der Waals surface area (Å²) in [5.41, 5.74) is 3.44. The number of rotatable bonds is 7. The number of alkyl carbamates (subject to hydrolysis) is 1. The van der Waals surface area contributed by atoms with E-state index in [0.717, 1.165) is 33.6 Å². The summed E-state index contributed by atoms with van der Waals surface area (Å²) in [5, 5.41) is 14.9. The molecule has 9 heteroatoms. The number of amides is 2. The summed E-state index contributed by atoms with van der Waals surface area (Å²) in [6.45, 7) is 0.321. The zero-order valence-electron chi connectivity index (χ0n) is 17.5. The molecule has 33 heavy (non-hydrogen) atoms. The Labute approximate surface area is 193 Å². The van der Waals surface area contributed by atoms with Crippen LogP contribution in [0.3, 0.4) is 0 Å². The Balaban J connectivity index is 1.16. The van der Waals surface area contributed by atoms with Gasteiger partial charge in [0.15, 0.2) is 0 Å². The average Bonchev–Trinajstić information content (AvgIpc) is 3.33. The third-order valence-corrected chi connectivity index (χ3v) is 7.01. The lowest BCUT2D eigenvalue weighted by atomic mass is 9.98. The van der Waals surface area contributed by atoms with Crippen LogP contribution in [0.15, 0.2) is 54.7 Å². The minimum absolute atomic E-state index is 0.0257. The lowest BCUT2D eigenvalue weighted by Crippen LogP contribution is -2.42. The molecule has 0 saturated heterocycles. The highest BCUT2D eigenvalue weighted by atomic mass is 32.1. The first-order valence-corrected chi connectivity index (χ1v) is 11.4. The number of aromatic nitrogens is 1. The number of aliphatic carboxylic acids is 1. The van der Waals surface area contributed by atoms with Crippen LogP contribution in [0, 0.1) is 0 Å². The molecular weight excluding hydrogens is 442 g/mol. The minimum Gasteiger partial charge on any atom is -0.480 e. The van der Waals surface area contributed by atoms with Gasteiger partial charge in [0.05, 0.1) is 12.7 Å². The number of hydrogen-bond acceptors (Lipinski definition) is 6. The molecular formula is C24H21N3O5S. The van der Waals surface area contributed by atoms with Crippen LogP contribution >= 0.6 is 11.3 Å². The number of fused-ring (bicyclic) bond motifs is 3.